The number of fused-ring (bicyclic) bond motifs is 1. The van der Waals surface area contributed by atoms with E-state index in [0.717, 1.165) is 17.0 Å². The summed E-state index contributed by atoms with van der Waals surface area (Å²) >= 11 is 0. The molecule has 2 atom stereocenters. The fraction of sp³-hybridized carbons (Fsp3) is 0.381. The predicted molar refractivity (Wildman–Crippen MR) is 98.6 cm³/mol. The van der Waals surface area contributed by atoms with Gasteiger partial charge in [-0.25, -0.2) is 0 Å². The number of nitrogens with zero attached hydrogens (tertiary/aromatic N) is 2. The normalized spacial score (nSPS) is 23.5. The zero-order valence-corrected chi connectivity index (χ0v) is 14.4. The smallest absolute Gasteiger partial charge is 0.159 e. The van der Waals surface area contributed by atoms with E-state index in [4.69, 9.17) is 0 Å². The van der Waals surface area contributed by atoms with Gasteiger partial charge in [-0.3, -0.25) is 4.79 Å². The Labute approximate surface area is 143 Å². The van der Waals surface area contributed by atoms with Crippen molar-refractivity contribution >= 4 is 11.5 Å². The molecule has 0 N–H and O–H groups in total. The predicted octanol–water partition coefficient (Wildman–Crippen LogP) is 3.70. The Kier molecular flexibility index (Phi) is 3.89. The summed E-state index contributed by atoms with van der Waals surface area (Å²) in [5.74, 6) is 0.941. The number of benzene rings is 2. The summed E-state index contributed by atoms with van der Waals surface area (Å²) in [4.78, 5) is 16.4. The lowest BCUT2D eigenvalue weighted by molar-refractivity contribution is 0.101. The van der Waals surface area contributed by atoms with Gasteiger partial charge in [-0.2, -0.15) is 0 Å². The van der Waals surface area contributed by atoms with Gasteiger partial charge in [0.15, 0.2) is 5.78 Å². The van der Waals surface area contributed by atoms with Crippen LogP contribution in [0.25, 0.3) is 11.1 Å². The molecule has 0 aliphatic carbocycles. The lowest BCUT2D eigenvalue weighted by Gasteiger charge is -2.26. The number of hydrogen-bond donors (Lipinski definition) is 0. The number of anilines is 1. The minimum absolute atomic E-state index is 0.113. The van der Waals surface area contributed by atoms with Gasteiger partial charge in [-0.1, -0.05) is 36.4 Å². The highest BCUT2D eigenvalue weighted by Crippen LogP contribution is 2.35. The summed E-state index contributed by atoms with van der Waals surface area (Å²) in [5, 5.41) is 0. The molecule has 0 radical (unpaired) electrons. The maximum atomic E-state index is 11.4. The third-order valence-corrected chi connectivity index (χ3v) is 5.55. The van der Waals surface area contributed by atoms with Crippen molar-refractivity contribution in [2.24, 2.45) is 5.92 Å². The molecule has 2 aliphatic heterocycles. The number of ketones is 1. The van der Waals surface area contributed by atoms with Crippen LogP contribution in [0.5, 0.6) is 0 Å². The molecule has 2 heterocycles. The Morgan fingerprint density at radius 2 is 1.58 bits per heavy atom. The van der Waals surface area contributed by atoms with Crippen LogP contribution in [0.3, 0.4) is 0 Å². The summed E-state index contributed by atoms with van der Waals surface area (Å²) < 4.78 is 0. The average molecular weight is 320 g/mol. The molecule has 0 bridgehead atoms. The Balaban J connectivity index is 1.53. The molecular weight excluding hydrogens is 296 g/mol. The van der Waals surface area contributed by atoms with E-state index in [-0.39, 0.29) is 5.78 Å². The monoisotopic (exact) mass is 320 g/mol. The van der Waals surface area contributed by atoms with Crippen molar-refractivity contribution < 1.29 is 4.79 Å². The number of rotatable bonds is 3. The molecule has 2 fully saturated rings. The number of likely N-dealkylation sites (tertiary alicyclic amines) is 1. The molecule has 2 aromatic rings. The first-order valence-electron chi connectivity index (χ1n) is 8.78. The van der Waals surface area contributed by atoms with Crippen LogP contribution >= 0.6 is 0 Å². The maximum Gasteiger partial charge on any atom is 0.159 e. The first-order valence-corrected chi connectivity index (χ1v) is 8.78. The van der Waals surface area contributed by atoms with Gasteiger partial charge >= 0.3 is 0 Å². The second-order valence-electron chi connectivity index (χ2n) is 7.21. The van der Waals surface area contributed by atoms with Crippen molar-refractivity contribution in [1.29, 1.82) is 0 Å². The molecular formula is C21H24N2O. The number of carbonyl (C=O) groups excluding carboxylic acids is 1. The topological polar surface area (TPSA) is 23.6 Å². The van der Waals surface area contributed by atoms with Crippen molar-refractivity contribution in [3.8, 4) is 11.1 Å². The molecule has 2 aliphatic rings. The minimum atomic E-state index is 0.113. The summed E-state index contributed by atoms with van der Waals surface area (Å²) in [6.45, 7) is 5.20. The van der Waals surface area contributed by atoms with Crippen LogP contribution in [-0.4, -0.2) is 43.4 Å². The SMILES string of the molecule is CC(=O)c1ccc(-c2ccc(N3CC[C@@H]4CN(C)C[C@@H]43)cc2)cc1. The number of Topliss-reactive ketones (excluding diaryl/α,β-unsaturated/α-hetero) is 1. The maximum absolute atomic E-state index is 11.4. The number of likely N-dealkylation sites (N-methyl/N-ethyl adjacent to an activating group) is 1. The van der Waals surface area contributed by atoms with Crippen LogP contribution in [0.1, 0.15) is 23.7 Å². The molecule has 0 spiro atoms. The summed E-state index contributed by atoms with van der Waals surface area (Å²) in [6, 6.07) is 17.4. The van der Waals surface area contributed by atoms with Gasteiger partial charge in [0.25, 0.3) is 0 Å². The van der Waals surface area contributed by atoms with E-state index in [1.165, 1.54) is 37.3 Å². The van der Waals surface area contributed by atoms with Crippen molar-refractivity contribution in [1.82, 2.24) is 4.90 Å². The van der Waals surface area contributed by atoms with Crippen LogP contribution in [0.15, 0.2) is 48.5 Å². The molecule has 2 saturated heterocycles. The third kappa shape index (κ3) is 2.73. The molecule has 24 heavy (non-hydrogen) atoms. The fourth-order valence-electron chi connectivity index (χ4n) is 4.24. The van der Waals surface area contributed by atoms with Gasteiger partial charge in [0.1, 0.15) is 0 Å². The molecule has 0 aromatic heterocycles. The van der Waals surface area contributed by atoms with E-state index in [0.29, 0.717) is 6.04 Å². The highest BCUT2D eigenvalue weighted by molar-refractivity contribution is 5.94. The molecule has 0 saturated carbocycles. The van der Waals surface area contributed by atoms with E-state index >= 15 is 0 Å². The molecule has 0 unspecified atom stereocenters. The summed E-state index contributed by atoms with van der Waals surface area (Å²) in [5.41, 5.74) is 4.46. The van der Waals surface area contributed by atoms with Crippen LogP contribution < -0.4 is 4.90 Å². The number of carbonyl (C=O) groups is 1. The standard InChI is InChI=1S/C21H24N2O/c1-15(24)16-3-5-17(6-4-16)18-7-9-20(10-8-18)23-12-11-19-13-22(2)14-21(19)23/h3-10,19,21H,11-14H2,1-2H3/t19-,21+/m1/s1. The first-order chi connectivity index (χ1) is 11.6. The highest BCUT2D eigenvalue weighted by atomic mass is 16.1. The van der Waals surface area contributed by atoms with Crippen molar-refractivity contribution in [3.05, 3.63) is 54.1 Å². The lowest BCUT2D eigenvalue weighted by atomic mass is 10.0. The Morgan fingerprint density at radius 1 is 0.958 bits per heavy atom. The second kappa shape index (κ2) is 6.06. The van der Waals surface area contributed by atoms with Crippen molar-refractivity contribution in [3.63, 3.8) is 0 Å². The molecule has 124 valence electrons. The van der Waals surface area contributed by atoms with Crippen LogP contribution in [-0.2, 0) is 0 Å². The zero-order valence-electron chi connectivity index (χ0n) is 14.4. The molecule has 3 heteroatoms. The van der Waals surface area contributed by atoms with Gasteiger partial charge in [0, 0.05) is 36.9 Å². The molecule has 4 rings (SSSR count). The van der Waals surface area contributed by atoms with Gasteiger partial charge in [0.2, 0.25) is 0 Å². The third-order valence-electron chi connectivity index (χ3n) is 5.55. The average Bonchev–Trinajstić information content (AvgIpc) is 3.14. The largest absolute Gasteiger partial charge is 0.367 e. The van der Waals surface area contributed by atoms with Crippen molar-refractivity contribution in [2.45, 2.75) is 19.4 Å². The quantitative estimate of drug-likeness (QED) is 0.806. The van der Waals surface area contributed by atoms with Gasteiger partial charge in [-0.15, -0.1) is 0 Å². The van der Waals surface area contributed by atoms with E-state index in [1.807, 2.05) is 24.3 Å². The van der Waals surface area contributed by atoms with E-state index in [9.17, 15) is 4.79 Å². The Hall–Kier alpha value is -2.13. The van der Waals surface area contributed by atoms with Crippen LogP contribution in [0, 0.1) is 5.92 Å². The zero-order chi connectivity index (χ0) is 16.7. The summed E-state index contributed by atoms with van der Waals surface area (Å²) in [7, 11) is 2.23. The fourth-order valence-corrected chi connectivity index (χ4v) is 4.24. The van der Waals surface area contributed by atoms with Crippen molar-refractivity contribution in [2.75, 3.05) is 31.6 Å². The van der Waals surface area contributed by atoms with E-state index < -0.39 is 0 Å². The lowest BCUT2D eigenvalue weighted by Crippen LogP contribution is -2.34. The minimum Gasteiger partial charge on any atom is -0.367 e. The number of hydrogen-bond acceptors (Lipinski definition) is 3. The Morgan fingerprint density at radius 3 is 2.21 bits per heavy atom. The van der Waals surface area contributed by atoms with Crippen LogP contribution in [0.2, 0.25) is 0 Å². The first kappa shape index (κ1) is 15.4. The van der Waals surface area contributed by atoms with E-state index in [2.05, 4.69) is 41.1 Å². The molecule has 3 nitrogen and oxygen atoms in total. The molecule has 0 amide bonds. The van der Waals surface area contributed by atoms with Gasteiger partial charge < -0.3 is 9.80 Å². The summed E-state index contributed by atoms with van der Waals surface area (Å²) in [6.07, 6.45) is 1.31. The van der Waals surface area contributed by atoms with Gasteiger partial charge in [-0.05, 0) is 49.6 Å². The highest BCUT2D eigenvalue weighted by Gasteiger charge is 2.39. The second-order valence-corrected chi connectivity index (χ2v) is 7.21. The van der Waals surface area contributed by atoms with E-state index in [1.54, 1.807) is 6.92 Å². The molecule has 2 aromatic carbocycles. The Bertz CT molecular complexity index is 735. The van der Waals surface area contributed by atoms with Crippen LogP contribution in [0.4, 0.5) is 5.69 Å². The van der Waals surface area contributed by atoms with Gasteiger partial charge in [0.05, 0.1) is 0 Å².